The molecule has 0 saturated carbocycles. The van der Waals surface area contributed by atoms with Crippen LogP contribution in [0.25, 0.3) is 0 Å². The van der Waals surface area contributed by atoms with Crippen molar-refractivity contribution in [2.24, 2.45) is 0 Å². The topological polar surface area (TPSA) is 80.3 Å². The minimum absolute atomic E-state index is 0.295. The molecule has 0 aliphatic rings. The van der Waals surface area contributed by atoms with E-state index in [1.165, 1.54) is 0 Å². The highest BCUT2D eigenvalue weighted by molar-refractivity contribution is 6.60. The third kappa shape index (κ3) is 12.0. The van der Waals surface area contributed by atoms with E-state index in [1.54, 1.807) is 28.3 Å². The number of ether oxygens (including phenoxy) is 2. The molecule has 0 aromatic heterocycles. The van der Waals surface area contributed by atoms with E-state index in [2.05, 4.69) is 13.2 Å². The van der Waals surface area contributed by atoms with Gasteiger partial charge in [-0.25, -0.2) is 9.59 Å². The molecule has 0 aromatic rings. The first-order chi connectivity index (χ1) is 11.3. The summed E-state index contributed by atoms with van der Waals surface area (Å²) >= 11 is 0. The Bertz CT molecular complexity index is 384. The summed E-state index contributed by atoms with van der Waals surface area (Å²) in [5.41, 5.74) is 0.462. The van der Waals surface area contributed by atoms with Crippen LogP contribution in [0.5, 0.6) is 0 Å². The largest absolute Gasteiger partial charge is 0.500 e. The standard InChI is InChI=1S/C9H18O5Si.C7H12O2/c1-5-9(10)14-7-6-8-15(11-2,12-3)13-4;1-4-5-9-7(8)6(2)3/h5H,1,6-8H2,2-4H3;2,4-5H2,1,3H3. The second kappa shape index (κ2) is 15.1. The highest BCUT2D eigenvalue weighted by Crippen LogP contribution is 2.14. The minimum atomic E-state index is -2.52. The first-order valence-electron chi connectivity index (χ1n) is 7.59. The fraction of sp³-hybridized carbons (Fsp3) is 0.625. The molecule has 0 aliphatic carbocycles. The molecule has 0 amide bonds. The fourth-order valence-electron chi connectivity index (χ4n) is 1.39. The summed E-state index contributed by atoms with van der Waals surface area (Å²) in [6, 6.07) is 0.612. The summed E-state index contributed by atoms with van der Waals surface area (Å²) in [6.07, 6.45) is 2.63. The van der Waals surface area contributed by atoms with Gasteiger partial charge in [-0.1, -0.05) is 20.1 Å². The lowest BCUT2D eigenvalue weighted by atomic mass is 10.4. The molecule has 8 heteroatoms. The Hall–Kier alpha value is -1.48. The second-order valence-corrected chi connectivity index (χ2v) is 7.78. The van der Waals surface area contributed by atoms with Crippen LogP contribution >= 0.6 is 0 Å². The van der Waals surface area contributed by atoms with Crippen LogP contribution in [-0.2, 0) is 32.3 Å². The first-order valence-corrected chi connectivity index (χ1v) is 9.52. The highest BCUT2D eigenvalue weighted by Gasteiger charge is 2.36. The predicted molar refractivity (Wildman–Crippen MR) is 93.4 cm³/mol. The van der Waals surface area contributed by atoms with Gasteiger partial charge in [-0.3, -0.25) is 0 Å². The van der Waals surface area contributed by atoms with Gasteiger partial charge in [0, 0.05) is 39.0 Å². The van der Waals surface area contributed by atoms with Gasteiger partial charge in [0.2, 0.25) is 0 Å². The molecule has 0 bridgehead atoms. The minimum Gasteiger partial charge on any atom is -0.463 e. The summed E-state index contributed by atoms with van der Waals surface area (Å²) in [4.78, 5) is 21.3. The first kappa shape index (κ1) is 24.8. The number of hydrogen-bond acceptors (Lipinski definition) is 7. The lowest BCUT2D eigenvalue weighted by Crippen LogP contribution is -2.42. The molecule has 0 fully saturated rings. The zero-order chi connectivity index (χ0) is 19.0. The Kier molecular flexibility index (Phi) is 15.5. The molecule has 0 N–H and O–H groups in total. The molecular weight excluding hydrogens is 332 g/mol. The number of rotatable bonds is 11. The van der Waals surface area contributed by atoms with Crippen LogP contribution in [0.2, 0.25) is 6.04 Å². The van der Waals surface area contributed by atoms with Crippen molar-refractivity contribution in [1.29, 1.82) is 0 Å². The third-order valence-electron chi connectivity index (χ3n) is 2.76. The van der Waals surface area contributed by atoms with Crippen molar-refractivity contribution in [3.63, 3.8) is 0 Å². The number of carbonyl (C=O) groups excluding carboxylic acids is 2. The second-order valence-electron chi connectivity index (χ2n) is 4.69. The zero-order valence-corrected chi connectivity index (χ0v) is 16.4. The van der Waals surface area contributed by atoms with Gasteiger partial charge in [-0.2, -0.15) is 0 Å². The summed E-state index contributed by atoms with van der Waals surface area (Å²) < 4.78 is 25.1. The Morgan fingerprint density at radius 3 is 1.96 bits per heavy atom. The maximum Gasteiger partial charge on any atom is 0.500 e. The van der Waals surface area contributed by atoms with Crippen molar-refractivity contribution >= 4 is 20.7 Å². The average Bonchev–Trinajstić information content (AvgIpc) is 2.60. The lowest BCUT2D eigenvalue weighted by Gasteiger charge is -2.23. The molecule has 140 valence electrons. The van der Waals surface area contributed by atoms with Gasteiger partial charge in [0.15, 0.2) is 0 Å². The number of esters is 2. The molecule has 0 saturated heterocycles. The summed E-state index contributed by atoms with van der Waals surface area (Å²) in [6.45, 7) is 11.1. The molecule has 0 atom stereocenters. The molecule has 24 heavy (non-hydrogen) atoms. The normalized spacial score (nSPS) is 10.2. The van der Waals surface area contributed by atoms with Gasteiger partial charge in [0.05, 0.1) is 13.2 Å². The van der Waals surface area contributed by atoms with Gasteiger partial charge < -0.3 is 22.8 Å². The Morgan fingerprint density at radius 2 is 1.58 bits per heavy atom. The molecule has 0 heterocycles. The molecule has 0 spiro atoms. The molecule has 0 radical (unpaired) electrons. The van der Waals surface area contributed by atoms with Gasteiger partial charge >= 0.3 is 20.7 Å². The maximum atomic E-state index is 10.7. The smallest absolute Gasteiger partial charge is 0.463 e. The van der Waals surface area contributed by atoms with Crippen molar-refractivity contribution in [3.05, 3.63) is 24.8 Å². The van der Waals surface area contributed by atoms with Crippen molar-refractivity contribution < 1.29 is 32.3 Å². The third-order valence-corrected chi connectivity index (χ3v) is 5.59. The van der Waals surface area contributed by atoms with Gasteiger partial charge in [0.25, 0.3) is 0 Å². The molecular formula is C16H30O7Si. The monoisotopic (exact) mass is 362 g/mol. The van der Waals surface area contributed by atoms with Crippen LogP contribution in [0, 0.1) is 0 Å². The van der Waals surface area contributed by atoms with E-state index in [0.717, 1.165) is 12.5 Å². The van der Waals surface area contributed by atoms with Crippen LogP contribution in [0.4, 0.5) is 0 Å². The van der Waals surface area contributed by atoms with Crippen LogP contribution in [0.3, 0.4) is 0 Å². The van der Waals surface area contributed by atoms with Gasteiger partial charge in [0.1, 0.15) is 0 Å². The van der Waals surface area contributed by atoms with Gasteiger partial charge in [-0.15, -0.1) is 0 Å². The molecule has 0 aliphatic heterocycles. The van der Waals surface area contributed by atoms with E-state index in [-0.39, 0.29) is 5.97 Å². The van der Waals surface area contributed by atoms with Crippen molar-refractivity contribution in [2.45, 2.75) is 32.7 Å². The Labute approximate surface area is 145 Å². The quantitative estimate of drug-likeness (QED) is 0.242. The Balaban J connectivity index is 0. The zero-order valence-electron chi connectivity index (χ0n) is 15.4. The highest BCUT2D eigenvalue weighted by atomic mass is 28.4. The molecule has 0 aromatic carbocycles. The maximum absolute atomic E-state index is 10.7. The van der Waals surface area contributed by atoms with E-state index in [0.29, 0.717) is 31.3 Å². The molecule has 7 nitrogen and oxygen atoms in total. The van der Waals surface area contributed by atoms with Crippen molar-refractivity contribution in [2.75, 3.05) is 34.5 Å². The van der Waals surface area contributed by atoms with E-state index < -0.39 is 14.8 Å². The van der Waals surface area contributed by atoms with Crippen LogP contribution in [0.1, 0.15) is 26.7 Å². The van der Waals surface area contributed by atoms with E-state index in [4.69, 9.17) is 22.8 Å². The van der Waals surface area contributed by atoms with Crippen LogP contribution in [-0.4, -0.2) is 55.3 Å². The predicted octanol–water partition coefficient (Wildman–Crippen LogP) is 2.50. The van der Waals surface area contributed by atoms with Crippen LogP contribution in [0.15, 0.2) is 24.8 Å². The SMILES string of the molecule is C=C(C)C(=O)OCCC.C=CC(=O)OCCC[Si](OC)(OC)OC. The van der Waals surface area contributed by atoms with Crippen molar-refractivity contribution in [1.82, 2.24) is 0 Å². The van der Waals surface area contributed by atoms with E-state index >= 15 is 0 Å². The summed E-state index contributed by atoms with van der Waals surface area (Å²) in [5, 5.41) is 0. The fourth-order valence-corrected chi connectivity index (χ4v) is 3.08. The molecule has 0 rings (SSSR count). The van der Waals surface area contributed by atoms with Gasteiger partial charge in [-0.05, 0) is 19.8 Å². The van der Waals surface area contributed by atoms with Crippen LogP contribution < -0.4 is 0 Å². The molecule has 0 unspecified atom stereocenters. The summed E-state index contributed by atoms with van der Waals surface area (Å²) in [7, 11) is 2.13. The van der Waals surface area contributed by atoms with E-state index in [9.17, 15) is 9.59 Å². The van der Waals surface area contributed by atoms with Crippen molar-refractivity contribution in [3.8, 4) is 0 Å². The number of hydrogen-bond donors (Lipinski definition) is 0. The average molecular weight is 362 g/mol. The lowest BCUT2D eigenvalue weighted by molar-refractivity contribution is -0.139. The Morgan fingerprint density at radius 1 is 1.04 bits per heavy atom. The van der Waals surface area contributed by atoms with E-state index in [1.807, 2.05) is 6.92 Å². The number of carbonyl (C=O) groups is 2. The summed E-state index contributed by atoms with van der Waals surface area (Å²) in [5.74, 6) is -0.716.